The fraction of sp³-hybridized carbons (Fsp3) is 0.409. The number of hydrogen-bond donors (Lipinski definition) is 1. The van der Waals surface area contributed by atoms with Crippen molar-refractivity contribution in [3.8, 4) is 23.7 Å². The lowest BCUT2D eigenvalue weighted by Crippen LogP contribution is -2.54. The number of halogens is 1. The zero-order valence-corrected chi connectivity index (χ0v) is 32.5. The minimum absolute atomic E-state index is 0.0865. The SMILES string of the molecule is CC1CCC(Oc2ccc(C#N)c(Cl)c2)N(C(=O)c2ccc(C#CC3CCN(CC4CN(c5cccc6c5C(=O)N(C5CCC(=O)NC5=O)C6=O)C4)CC3)cc2)C1. The number of hydrogen-bond acceptors (Lipinski definition) is 9. The van der Waals surface area contributed by atoms with Crippen molar-refractivity contribution in [1.29, 1.82) is 5.26 Å². The van der Waals surface area contributed by atoms with E-state index in [0.717, 1.165) is 62.4 Å². The van der Waals surface area contributed by atoms with Crippen LogP contribution in [0.15, 0.2) is 60.7 Å². The Labute approximate surface area is 336 Å². The maximum Gasteiger partial charge on any atom is 0.264 e. The van der Waals surface area contributed by atoms with Gasteiger partial charge in [-0.3, -0.25) is 34.2 Å². The fourth-order valence-electron chi connectivity index (χ4n) is 8.60. The van der Waals surface area contributed by atoms with Crippen LogP contribution in [0.25, 0.3) is 0 Å². The summed E-state index contributed by atoms with van der Waals surface area (Å²) in [6, 6.07) is 18.8. The molecule has 0 spiro atoms. The van der Waals surface area contributed by atoms with E-state index in [4.69, 9.17) is 16.3 Å². The van der Waals surface area contributed by atoms with Gasteiger partial charge in [0.25, 0.3) is 17.7 Å². The molecule has 3 aromatic rings. The number of nitriles is 1. The molecule has 57 heavy (non-hydrogen) atoms. The van der Waals surface area contributed by atoms with Gasteiger partial charge in [0, 0.05) is 68.0 Å². The van der Waals surface area contributed by atoms with Gasteiger partial charge in [0.2, 0.25) is 11.8 Å². The summed E-state index contributed by atoms with van der Waals surface area (Å²) in [4.78, 5) is 72.1. The molecular weight excluding hydrogens is 744 g/mol. The molecule has 3 aromatic carbocycles. The number of fused-ring (bicyclic) bond motifs is 1. The molecule has 0 aliphatic carbocycles. The number of nitrogens with zero attached hydrogens (tertiary/aromatic N) is 5. The highest BCUT2D eigenvalue weighted by Crippen LogP contribution is 2.37. The Bertz CT molecular complexity index is 2230. The molecule has 13 heteroatoms. The van der Waals surface area contributed by atoms with Gasteiger partial charge in [0.05, 0.1) is 27.4 Å². The Morgan fingerprint density at radius 1 is 0.930 bits per heavy atom. The summed E-state index contributed by atoms with van der Waals surface area (Å²) in [7, 11) is 0. The molecule has 5 amide bonds. The molecule has 3 unspecified atom stereocenters. The van der Waals surface area contributed by atoms with Gasteiger partial charge in [-0.15, -0.1) is 0 Å². The Morgan fingerprint density at radius 2 is 1.70 bits per heavy atom. The fourth-order valence-corrected chi connectivity index (χ4v) is 8.81. The molecule has 5 aliphatic heterocycles. The van der Waals surface area contributed by atoms with Crippen molar-refractivity contribution >= 4 is 46.8 Å². The molecule has 3 atom stereocenters. The lowest BCUT2D eigenvalue weighted by Gasteiger charge is -2.44. The largest absolute Gasteiger partial charge is 0.470 e. The molecule has 1 N–H and O–H groups in total. The van der Waals surface area contributed by atoms with E-state index in [1.807, 2.05) is 30.3 Å². The highest BCUT2D eigenvalue weighted by atomic mass is 35.5. The number of nitrogens with one attached hydrogen (secondary N) is 1. The van der Waals surface area contributed by atoms with E-state index >= 15 is 0 Å². The molecule has 12 nitrogen and oxygen atoms in total. The van der Waals surface area contributed by atoms with Crippen LogP contribution >= 0.6 is 11.6 Å². The van der Waals surface area contributed by atoms with Crippen LogP contribution in [0.3, 0.4) is 0 Å². The summed E-state index contributed by atoms with van der Waals surface area (Å²) in [5.74, 6) is 6.30. The lowest BCUT2D eigenvalue weighted by molar-refractivity contribution is -0.136. The smallest absolute Gasteiger partial charge is 0.264 e. The number of anilines is 1. The summed E-state index contributed by atoms with van der Waals surface area (Å²) in [6.07, 6.45) is 3.35. The average Bonchev–Trinajstić information content (AvgIpc) is 3.45. The van der Waals surface area contributed by atoms with Gasteiger partial charge in [-0.2, -0.15) is 5.26 Å². The molecule has 0 radical (unpaired) electrons. The van der Waals surface area contributed by atoms with Crippen molar-refractivity contribution in [2.45, 2.75) is 57.7 Å². The Morgan fingerprint density at radius 3 is 2.42 bits per heavy atom. The van der Waals surface area contributed by atoms with Crippen molar-refractivity contribution in [3.05, 3.63) is 93.5 Å². The van der Waals surface area contributed by atoms with Crippen LogP contribution in [-0.2, 0) is 9.59 Å². The number of carbonyl (C=O) groups excluding carboxylic acids is 5. The zero-order valence-electron chi connectivity index (χ0n) is 31.7. The third-order valence-electron chi connectivity index (χ3n) is 11.8. The first-order valence-corrected chi connectivity index (χ1v) is 20.0. The Kier molecular flexibility index (Phi) is 10.8. The first-order valence-electron chi connectivity index (χ1n) is 19.7. The molecule has 5 heterocycles. The average molecular weight is 787 g/mol. The zero-order chi connectivity index (χ0) is 39.8. The summed E-state index contributed by atoms with van der Waals surface area (Å²) in [5.41, 5.74) is 3.18. The van der Waals surface area contributed by atoms with Crippen molar-refractivity contribution in [2.75, 3.05) is 44.2 Å². The van der Waals surface area contributed by atoms with E-state index < -0.39 is 35.9 Å². The van der Waals surface area contributed by atoms with E-state index in [1.54, 1.807) is 35.2 Å². The van der Waals surface area contributed by atoms with Crippen LogP contribution in [0.1, 0.15) is 87.6 Å². The highest BCUT2D eigenvalue weighted by molar-refractivity contribution is 6.31. The van der Waals surface area contributed by atoms with E-state index in [2.05, 4.69) is 40.0 Å². The van der Waals surface area contributed by atoms with Crippen LogP contribution < -0.4 is 15.0 Å². The number of benzene rings is 3. The van der Waals surface area contributed by atoms with Crippen molar-refractivity contribution in [1.82, 2.24) is 20.0 Å². The maximum atomic E-state index is 13.7. The summed E-state index contributed by atoms with van der Waals surface area (Å²) in [6.45, 7) is 7.09. The molecule has 4 fully saturated rings. The normalized spacial score (nSPS) is 23.0. The summed E-state index contributed by atoms with van der Waals surface area (Å²) < 4.78 is 6.22. The van der Waals surface area contributed by atoms with Gasteiger partial charge < -0.3 is 19.4 Å². The third kappa shape index (κ3) is 7.85. The van der Waals surface area contributed by atoms with E-state index in [-0.39, 0.29) is 24.7 Å². The van der Waals surface area contributed by atoms with Gasteiger partial charge in [-0.05, 0) is 93.2 Å². The van der Waals surface area contributed by atoms with Crippen molar-refractivity contribution in [2.24, 2.45) is 17.8 Å². The topological polar surface area (TPSA) is 143 Å². The van der Waals surface area contributed by atoms with Crippen LogP contribution in [0.5, 0.6) is 5.75 Å². The predicted molar refractivity (Wildman–Crippen MR) is 211 cm³/mol. The summed E-state index contributed by atoms with van der Waals surface area (Å²) in [5, 5.41) is 11.8. The number of ether oxygens (including phenoxy) is 1. The Balaban J connectivity index is 0.813. The van der Waals surface area contributed by atoms with Crippen molar-refractivity contribution in [3.63, 3.8) is 0 Å². The van der Waals surface area contributed by atoms with Crippen LogP contribution in [0.2, 0.25) is 5.02 Å². The standard InChI is InChI=1S/C44H43ClN6O6/c1-27-5-16-39(57-33-13-12-32(22-46)35(45)21-33)50(23-27)42(54)31-10-8-28(9-11-31)6-7-29-17-19-48(20-18-29)24-30-25-49(26-30)36-4-2-3-34-40(36)44(56)51(43(34)55)37-14-15-38(52)47-41(37)53/h2-4,8-13,21,27,29-30,37,39H,5,14-20,23-26H2,1H3,(H,47,52,53). The maximum absolute atomic E-state index is 13.7. The van der Waals surface area contributed by atoms with E-state index in [9.17, 15) is 29.2 Å². The van der Waals surface area contributed by atoms with Crippen LogP contribution in [0.4, 0.5) is 5.69 Å². The van der Waals surface area contributed by atoms with Gasteiger partial charge in [0.15, 0.2) is 6.23 Å². The molecule has 292 valence electrons. The Hall–Kier alpha value is -5.69. The molecular formula is C44H43ClN6O6. The molecule has 0 aromatic heterocycles. The molecule has 4 saturated heterocycles. The minimum Gasteiger partial charge on any atom is -0.470 e. The number of rotatable bonds is 7. The second-order valence-electron chi connectivity index (χ2n) is 15.8. The first-order chi connectivity index (χ1) is 27.6. The number of imide groups is 2. The van der Waals surface area contributed by atoms with Crippen molar-refractivity contribution < 1.29 is 28.7 Å². The van der Waals surface area contributed by atoms with Crippen LogP contribution in [-0.4, -0.2) is 95.8 Å². The minimum atomic E-state index is -0.983. The van der Waals surface area contributed by atoms with E-state index in [1.165, 1.54) is 0 Å². The monoisotopic (exact) mass is 786 g/mol. The number of piperidine rings is 3. The van der Waals surface area contributed by atoms with Gasteiger partial charge in [-0.25, -0.2) is 0 Å². The van der Waals surface area contributed by atoms with Gasteiger partial charge in [0.1, 0.15) is 17.9 Å². The molecule has 0 saturated carbocycles. The van der Waals surface area contributed by atoms with Gasteiger partial charge in [-0.1, -0.05) is 36.4 Å². The molecule has 8 rings (SSSR count). The van der Waals surface area contributed by atoms with Gasteiger partial charge >= 0.3 is 0 Å². The molecule has 5 aliphatic rings. The first kappa shape index (κ1) is 38.2. The lowest BCUT2D eigenvalue weighted by atomic mass is 9.93. The second-order valence-corrected chi connectivity index (χ2v) is 16.2. The predicted octanol–water partition coefficient (Wildman–Crippen LogP) is 5.09. The number of amides is 5. The van der Waals surface area contributed by atoms with E-state index in [0.29, 0.717) is 63.5 Å². The number of likely N-dealkylation sites (tertiary alicyclic amines) is 2. The summed E-state index contributed by atoms with van der Waals surface area (Å²) >= 11 is 6.23. The van der Waals surface area contributed by atoms with Crippen LogP contribution in [0, 0.1) is 40.9 Å². The molecule has 0 bridgehead atoms. The number of carbonyl (C=O) groups is 5. The second kappa shape index (κ2) is 16.0. The quantitative estimate of drug-likeness (QED) is 0.256. The highest BCUT2D eigenvalue weighted by Gasteiger charge is 2.47. The third-order valence-corrected chi connectivity index (χ3v) is 12.1.